The van der Waals surface area contributed by atoms with E-state index in [1.165, 1.54) is 4.90 Å². The summed E-state index contributed by atoms with van der Waals surface area (Å²) < 4.78 is 0. The number of hydrogen-bond acceptors (Lipinski definition) is 3. The van der Waals surface area contributed by atoms with Gasteiger partial charge in [-0.15, -0.1) is 0 Å². The van der Waals surface area contributed by atoms with Gasteiger partial charge in [0.15, 0.2) is 0 Å². The van der Waals surface area contributed by atoms with Crippen LogP contribution in [-0.2, 0) is 9.59 Å². The second kappa shape index (κ2) is 4.53. The van der Waals surface area contributed by atoms with Gasteiger partial charge in [0.25, 0.3) is 0 Å². The Labute approximate surface area is 95.6 Å². The van der Waals surface area contributed by atoms with E-state index in [-0.39, 0.29) is 18.4 Å². The average molecular weight is 225 g/mol. The number of piperidine rings is 1. The number of imide groups is 1. The van der Waals surface area contributed by atoms with Crippen LogP contribution in [0, 0.1) is 0 Å². The highest BCUT2D eigenvalue weighted by atomic mass is 16.3. The van der Waals surface area contributed by atoms with E-state index in [0.717, 1.165) is 32.1 Å². The molecule has 1 aliphatic carbocycles. The Morgan fingerprint density at radius 3 is 2.06 bits per heavy atom. The Bertz CT molecular complexity index is 279. The predicted octanol–water partition coefficient (Wildman–Crippen LogP) is 1.22. The lowest BCUT2D eigenvalue weighted by atomic mass is 9.79. The fourth-order valence-electron chi connectivity index (χ4n) is 2.94. The number of hydrogen-bond donors (Lipinski definition) is 1. The average Bonchev–Trinajstić information content (AvgIpc) is 2.30. The number of nitrogens with zero attached hydrogens (tertiary/aromatic N) is 1. The van der Waals surface area contributed by atoms with Gasteiger partial charge in [-0.2, -0.15) is 0 Å². The fourth-order valence-corrected chi connectivity index (χ4v) is 2.94. The highest BCUT2D eigenvalue weighted by Gasteiger charge is 2.44. The van der Waals surface area contributed by atoms with Crippen molar-refractivity contribution in [3.05, 3.63) is 0 Å². The first-order valence-corrected chi connectivity index (χ1v) is 6.16. The summed E-state index contributed by atoms with van der Waals surface area (Å²) in [5.41, 5.74) is -0.577. The van der Waals surface area contributed by atoms with E-state index in [9.17, 15) is 14.7 Å². The summed E-state index contributed by atoms with van der Waals surface area (Å²) in [4.78, 5) is 25.1. The molecule has 1 saturated carbocycles. The first-order chi connectivity index (χ1) is 7.69. The first kappa shape index (κ1) is 11.6. The van der Waals surface area contributed by atoms with E-state index in [0.29, 0.717) is 19.3 Å². The van der Waals surface area contributed by atoms with Crippen molar-refractivity contribution in [2.75, 3.05) is 6.61 Å². The van der Waals surface area contributed by atoms with Crippen molar-refractivity contribution in [2.45, 2.75) is 56.9 Å². The maximum atomic E-state index is 11.9. The van der Waals surface area contributed by atoms with Gasteiger partial charge in [0, 0.05) is 12.8 Å². The van der Waals surface area contributed by atoms with Crippen LogP contribution in [-0.4, -0.2) is 34.0 Å². The number of aliphatic hydroxyl groups is 1. The molecule has 0 unspecified atom stereocenters. The largest absolute Gasteiger partial charge is 0.394 e. The number of carbonyl (C=O) groups is 2. The van der Waals surface area contributed by atoms with Gasteiger partial charge in [0.05, 0.1) is 12.1 Å². The van der Waals surface area contributed by atoms with Crippen molar-refractivity contribution in [3.8, 4) is 0 Å². The molecule has 1 saturated heterocycles. The van der Waals surface area contributed by atoms with Crippen LogP contribution < -0.4 is 0 Å². The van der Waals surface area contributed by atoms with Gasteiger partial charge in [-0.25, -0.2) is 0 Å². The minimum absolute atomic E-state index is 0.0789. The highest BCUT2D eigenvalue weighted by molar-refractivity contribution is 5.98. The zero-order chi connectivity index (χ0) is 11.6. The van der Waals surface area contributed by atoms with Crippen molar-refractivity contribution in [1.29, 1.82) is 0 Å². The summed E-state index contributed by atoms with van der Waals surface area (Å²) in [6, 6.07) is 0. The third-order valence-corrected chi connectivity index (χ3v) is 3.83. The highest BCUT2D eigenvalue weighted by Crippen LogP contribution is 2.35. The van der Waals surface area contributed by atoms with Crippen molar-refractivity contribution < 1.29 is 14.7 Å². The maximum absolute atomic E-state index is 11.9. The van der Waals surface area contributed by atoms with Crippen LogP contribution >= 0.6 is 0 Å². The smallest absolute Gasteiger partial charge is 0.229 e. The summed E-state index contributed by atoms with van der Waals surface area (Å²) >= 11 is 0. The van der Waals surface area contributed by atoms with Crippen LogP contribution in [0.2, 0.25) is 0 Å². The molecule has 2 rings (SSSR count). The topological polar surface area (TPSA) is 57.6 Å². The van der Waals surface area contributed by atoms with E-state index in [2.05, 4.69) is 0 Å². The second-order valence-electron chi connectivity index (χ2n) is 4.92. The molecule has 90 valence electrons. The van der Waals surface area contributed by atoms with Gasteiger partial charge in [-0.1, -0.05) is 19.3 Å². The summed E-state index contributed by atoms with van der Waals surface area (Å²) in [6.07, 6.45) is 6.23. The maximum Gasteiger partial charge on any atom is 0.229 e. The molecule has 0 aromatic rings. The van der Waals surface area contributed by atoms with Crippen LogP contribution in [0.5, 0.6) is 0 Å². The molecular formula is C12H19NO3. The Kier molecular flexibility index (Phi) is 3.28. The van der Waals surface area contributed by atoms with E-state index in [1.54, 1.807) is 0 Å². The van der Waals surface area contributed by atoms with E-state index >= 15 is 0 Å². The number of amides is 2. The molecular weight excluding hydrogens is 206 g/mol. The summed E-state index contributed by atoms with van der Waals surface area (Å²) in [5, 5.41) is 9.58. The molecule has 2 aliphatic rings. The molecule has 1 N–H and O–H groups in total. The normalized spacial score (nSPS) is 25.9. The van der Waals surface area contributed by atoms with E-state index in [1.807, 2.05) is 0 Å². The Hall–Kier alpha value is -0.900. The molecule has 0 bridgehead atoms. The van der Waals surface area contributed by atoms with Gasteiger partial charge in [0.2, 0.25) is 11.8 Å². The predicted molar refractivity (Wildman–Crippen MR) is 58.6 cm³/mol. The lowest BCUT2D eigenvalue weighted by Crippen LogP contribution is -2.59. The van der Waals surface area contributed by atoms with E-state index < -0.39 is 5.54 Å². The van der Waals surface area contributed by atoms with Gasteiger partial charge >= 0.3 is 0 Å². The van der Waals surface area contributed by atoms with Crippen LogP contribution in [0.4, 0.5) is 0 Å². The van der Waals surface area contributed by atoms with Crippen LogP contribution in [0.25, 0.3) is 0 Å². The Morgan fingerprint density at radius 1 is 1.00 bits per heavy atom. The SMILES string of the molecule is O=C1CCCC(=O)N1C1(CO)CCCCC1. The van der Waals surface area contributed by atoms with E-state index in [4.69, 9.17) is 0 Å². The molecule has 16 heavy (non-hydrogen) atoms. The zero-order valence-corrected chi connectivity index (χ0v) is 9.57. The molecule has 0 radical (unpaired) electrons. The van der Waals surface area contributed by atoms with Crippen LogP contribution in [0.1, 0.15) is 51.4 Å². The zero-order valence-electron chi connectivity index (χ0n) is 9.57. The second-order valence-corrected chi connectivity index (χ2v) is 4.92. The van der Waals surface area contributed by atoms with Crippen molar-refractivity contribution >= 4 is 11.8 Å². The fraction of sp³-hybridized carbons (Fsp3) is 0.833. The third kappa shape index (κ3) is 1.86. The van der Waals surface area contributed by atoms with Gasteiger partial charge in [-0.05, 0) is 19.3 Å². The summed E-state index contributed by atoms with van der Waals surface area (Å²) in [6.45, 7) is -0.0789. The molecule has 1 heterocycles. The molecule has 0 aromatic carbocycles. The van der Waals surface area contributed by atoms with Gasteiger partial charge < -0.3 is 5.11 Å². The quantitative estimate of drug-likeness (QED) is 0.719. The Balaban J connectivity index is 2.23. The summed E-state index contributed by atoms with van der Waals surface area (Å²) in [5.74, 6) is -0.181. The lowest BCUT2D eigenvalue weighted by Gasteiger charge is -2.45. The molecule has 4 heteroatoms. The van der Waals surface area contributed by atoms with Gasteiger partial charge in [-0.3, -0.25) is 14.5 Å². The summed E-state index contributed by atoms with van der Waals surface area (Å²) in [7, 11) is 0. The minimum atomic E-state index is -0.577. The lowest BCUT2D eigenvalue weighted by molar-refractivity contribution is -0.160. The molecule has 2 fully saturated rings. The molecule has 0 atom stereocenters. The van der Waals surface area contributed by atoms with Gasteiger partial charge in [0.1, 0.15) is 0 Å². The molecule has 0 spiro atoms. The molecule has 2 amide bonds. The number of likely N-dealkylation sites (tertiary alicyclic amines) is 1. The van der Waals surface area contributed by atoms with Crippen LogP contribution in [0.15, 0.2) is 0 Å². The van der Waals surface area contributed by atoms with Crippen molar-refractivity contribution in [1.82, 2.24) is 4.90 Å². The molecule has 4 nitrogen and oxygen atoms in total. The standard InChI is InChI=1S/C12H19NO3/c14-9-12(7-2-1-3-8-12)13-10(15)5-4-6-11(13)16/h14H,1-9H2. The van der Waals surface area contributed by atoms with Crippen molar-refractivity contribution in [3.63, 3.8) is 0 Å². The first-order valence-electron chi connectivity index (χ1n) is 6.16. The molecule has 0 aromatic heterocycles. The number of carbonyl (C=O) groups excluding carboxylic acids is 2. The van der Waals surface area contributed by atoms with Crippen LogP contribution in [0.3, 0.4) is 0 Å². The number of rotatable bonds is 2. The minimum Gasteiger partial charge on any atom is -0.394 e. The van der Waals surface area contributed by atoms with Crippen molar-refractivity contribution in [2.24, 2.45) is 0 Å². The third-order valence-electron chi connectivity index (χ3n) is 3.83. The number of aliphatic hydroxyl groups excluding tert-OH is 1. The monoisotopic (exact) mass is 225 g/mol. The molecule has 1 aliphatic heterocycles. The Morgan fingerprint density at radius 2 is 1.56 bits per heavy atom.